The lowest BCUT2D eigenvalue weighted by atomic mass is 9.88. The molecule has 2 atom stereocenters. The van der Waals surface area contributed by atoms with Crippen molar-refractivity contribution >= 4 is 17.8 Å². The number of ether oxygens (including phenoxy) is 2. The molecule has 1 aromatic rings. The third-order valence-electron chi connectivity index (χ3n) is 3.93. The highest BCUT2D eigenvalue weighted by atomic mass is 16.7. The van der Waals surface area contributed by atoms with Crippen LogP contribution in [0.15, 0.2) is 35.5 Å². The second-order valence-corrected chi connectivity index (χ2v) is 7.37. The average molecular weight is 362 g/mol. The summed E-state index contributed by atoms with van der Waals surface area (Å²) in [6.07, 6.45) is 0.00408. The van der Waals surface area contributed by atoms with Gasteiger partial charge in [0.15, 0.2) is 0 Å². The van der Waals surface area contributed by atoms with Gasteiger partial charge in [0.2, 0.25) is 5.60 Å². The monoisotopic (exact) mass is 362 g/mol. The largest absolute Gasteiger partial charge is 0.466 e. The Morgan fingerprint density at radius 2 is 1.96 bits per heavy atom. The van der Waals surface area contributed by atoms with Crippen LogP contribution >= 0.6 is 0 Å². The van der Waals surface area contributed by atoms with Crippen LogP contribution in [0.5, 0.6) is 0 Å². The smallest absolute Gasteiger partial charge is 0.408 e. The molecule has 0 saturated heterocycles. The highest BCUT2D eigenvalue weighted by Gasteiger charge is 2.49. The number of hydrogen-bond donors (Lipinski definition) is 1. The Balaban J connectivity index is 2.07. The number of hydrogen-bond acceptors (Lipinski definition) is 6. The van der Waals surface area contributed by atoms with Gasteiger partial charge in [0.1, 0.15) is 5.60 Å². The first kappa shape index (κ1) is 19.8. The molecule has 0 spiro atoms. The van der Waals surface area contributed by atoms with Crippen molar-refractivity contribution in [2.45, 2.75) is 57.8 Å². The van der Waals surface area contributed by atoms with Crippen LogP contribution in [-0.2, 0) is 25.5 Å². The zero-order chi connectivity index (χ0) is 19.4. The molecule has 1 unspecified atom stereocenters. The molecule has 1 aromatic carbocycles. The van der Waals surface area contributed by atoms with Gasteiger partial charge in [-0.05, 0) is 33.3 Å². The summed E-state index contributed by atoms with van der Waals surface area (Å²) in [5.41, 5.74) is -0.338. The van der Waals surface area contributed by atoms with Gasteiger partial charge in [0.05, 0.1) is 18.9 Å². The van der Waals surface area contributed by atoms with E-state index < -0.39 is 29.3 Å². The lowest BCUT2D eigenvalue weighted by Gasteiger charge is -2.24. The third kappa shape index (κ3) is 4.97. The maximum absolute atomic E-state index is 12.4. The van der Waals surface area contributed by atoms with Gasteiger partial charge >= 0.3 is 12.1 Å². The van der Waals surface area contributed by atoms with Crippen LogP contribution < -0.4 is 5.32 Å². The number of esters is 1. The van der Waals surface area contributed by atoms with Gasteiger partial charge in [-0.25, -0.2) is 9.59 Å². The normalized spacial score (nSPS) is 20.6. The molecular formula is C19H26N2O5. The molecule has 1 amide bonds. The predicted molar refractivity (Wildman–Crippen MR) is 96.9 cm³/mol. The van der Waals surface area contributed by atoms with Gasteiger partial charge in [-0.15, -0.1) is 0 Å². The first-order chi connectivity index (χ1) is 12.1. The molecule has 0 aromatic heterocycles. The Bertz CT molecular complexity index is 681. The van der Waals surface area contributed by atoms with Crippen LogP contribution in [0.1, 0.15) is 39.7 Å². The number of amides is 1. The quantitative estimate of drug-likeness (QED) is 0.814. The van der Waals surface area contributed by atoms with Crippen LogP contribution in [0.25, 0.3) is 0 Å². The average Bonchev–Trinajstić information content (AvgIpc) is 2.98. The number of nitrogens with zero attached hydrogens (tertiary/aromatic N) is 1. The van der Waals surface area contributed by atoms with Crippen molar-refractivity contribution in [1.29, 1.82) is 0 Å². The summed E-state index contributed by atoms with van der Waals surface area (Å²) < 4.78 is 10.2. The summed E-state index contributed by atoms with van der Waals surface area (Å²) in [6, 6.07) is 9.07. The van der Waals surface area contributed by atoms with Gasteiger partial charge in [-0.3, -0.25) is 0 Å². The second-order valence-electron chi connectivity index (χ2n) is 7.37. The van der Waals surface area contributed by atoms with E-state index in [0.29, 0.717) is 12.1 Å². The molecule has 0 aliphatic carbocycles. The molecule has 1 aliphatic heterocycles. The molecule has 142 valence electrons. The van der Waals surface area contributed by atoms with Gasteiger partial charge in [0, 0.05) is 12.8 Å². The topological polar surface area (TPSA) is 86.2 Å². The van der Waals surface area contributed by atoms with Crippen LogP contribution in [0, 0.1) is 0 Å². The Morgan fingerprint density at radius 1 is 1.31 bits per heavy atom. The Hall–Kier alpha value is -2.57. The van der Waals surface area contributed by atoms with E-state index in [9.17, 15) is 9.59 Å². The van der Waals surface area contributed by atoms with Gasteiger partial charge in [-0.2, -0.15) is 0 Å². The molecule has 0 fully saturated rings. The van der Waals surface area contributed by atoms with Crippen molar-refractivity contribution in [2.75, 3.05) is 7.11 Å². The molecule has 26 heavy (non-hydrogen) atoms. The first-order valence-corrected chi connectivity index (χ1v) is 8.52. The number of oxime groups is 1. The molecule has 1 aliphatic rings. The summed E-state index contributed by atoms with van der Waals surface area (Å²) in [6.45, 7) is 7.13. The highest BCUT2D eigenvalue weighted by molar-refractivity contribution is 5.98. The van der Waals surface area contributed by atoms with Gasteiger partial charge in [-0.1, -0.05) is 35.5 Å². The fourth-order valence-corrected chi connectivity index (χ4v) is 2.69. The Morgan fingerprint density at radius 3 is 2.54 bits per heavy atom. The van der Waals surface area contributed by atoms with E-state index in [1.807, 2.05) is 30.3 Å². The molecule has 0 bridgehead atoms. The predicted octanol–water partition coefficient (Wildman–Crippen LogP) is 2.83. The van der Waals surface area contributed by atoms with Crippen LogP contribution in [0.4, 0.5) is 4.79 Å². The first-order valence-electron chi connectivity index (χ1n) is 8.52. The van der Waals surface area contributed by atoms with E-state index in [4.69, 9.17) is 14.3 Å². The molecule has 0 radical (unpaired) electrons. The molecule has 1 N–H and O–H groups in total. The van der Waals surface area contributed by atoms with Crippen molar-refractivity contribution in [1.82, 2.24) is 5.32 Å². The zero-order valence-corrected chi connectivity index (χ0v) is 15.9. The fourth-order valence-electron chi connectivity index (χ4n) is 2.69. The minimum absolute atomic E-state index is 0.228. The number of carbonyl (C=O) groups is 2. The van der Waals surface area contributed by atoms with Crippen molar-refractivity contribution in [3.63, 3.8) is 0 Å². The molecule has 7 heteroatoms. The lowest BCUT2D eigenvalue weighted by molar-refractivity contribution is -0.166. The zero-order valence-electron chi connectivity index (χ0n) is 15.9. The number of nitrogens with one attached hydrogen (secondary N) is 1. The van der Waals surface area contributed by atoms with Crippen LogP contribution in [0.3, 0.4) is 0 Å². The number of benzene rings is 1. The maximum Gasteiger partial charge on any atom is 0.408 e. The van der Waals surface area contributed by atoms with E-state index in [-0.39, 0.29) is 6.42 Å². The van der Waals surface area contributed by atoms with E-state index in [1.165, 1.54) is 7.11 Å². The second kappa shape index (κ2) is 7.76. The molecule has 1 heterocycles. The van der Waals surface area contributed by atoms with Crippen molar-refractivity contribution in [2.24, 2.45) is 5.16 Å². The summed E-state index contributed by atoms with van der Waals surface area (Å²) in [5, 5.41) is 6.76. The highest BCUT2D eigenvalue weighted by Crippen LogP contribution is 2.30. The van der Waals surface area contributed by atoms with Crippen LogP contribution in [0.2, 0.25) is 0 Å². The Labute approximate surface area is 153 Å². The summed E-state index contributed by atoms with van der Waals surface area (Å²) in [7, 11) is 1.32. The van der Waals surface area contributed by atoms with Gasteiger partial charge in [0.25, 0.3) is 0 Å². The minimum atomic E-state index is -1.23. The van der Waals surface area contributed by atoms with Crippen LogP contribution in [-0.4, -0.2) is 42.1 Å². The number of alkyl carbamates (subject to hydrolysis) is 1. The number of rotatable bonds is 5. The van der Waals surface area contributed by atoms with Crippen molar-refractivity contribution in [3.05, 3.63) is 35.9 Å². The minimum Gasteiger partial charge on any atom is -0.466 e. The Kier molecular flexibility index (Phi) is 5.90. The standard InChI is InChI=1S/C19H26N2O5/c1-13(20-17(23)25-18(2,3)4)15-12-19(26-21-15,16(22)24-5)11-14-9-7-6-8-10-14/h6-10,13H,11-12H2,1-5H3,(H,20,23)/t13-,19?/m0/s1. The molecule has 2 rings (SSSR count). The van der Waals surface area contributed by atoms with Crippen molar-refractivity contribution < 1.29 is 23.9 Å². The fraction of sp³-hybridized carbons (Fsp3) is 0.526. The summed E-state index contributed by atoms with van der Waals surface area (Å²) in [4.78, 5) is 29.9. The number of methoxy groups -OCH3 is 1. The maximum atomic E-state index is 12.4. The van der Waals surface area contributed by atoms with E-state index in [2.05, 4.69) is 10.5 Å². The van der Waals surface area contributed by atoms with E-state index in [1.54, 1.807) is 27.7 Å². The van der Waals surface area contributed by atoms with E-state index in [0.717, 1.165) is 5.56 Å². The lowest BCUT2D eigenvalue weighted by Crippen LogP contribution is -2.46. The third-order valence-corrected chi connectivity index (χ3v) is 3.93. The van der Waals surface area contributed by atoms with Crippen molar-refractivity contribution in [3.8, 4) is 0 Å². The molecular weight excluding hydrogens is 336 g/mol. The summed E-state index contributed by atoms with van der Waals surface area (Å²) >= 11 is 0. The molecule has 0 saturated carbocycles. The SMILES string of the molecule is COC(=O)C1(Cc2ccccc2)CC([C@H](C)NC(=O)OC(C)(C)C)=NO1. The van der Waals surface area contributed by atoms with E-state index >= 15 is 0 Å². The molecule has 7 nitrogen and oxygen atoms in total. The summed E-state index contributed by atoms with van der Waals surface area (Å²) in [5.74, 6) is -0.496. The van der Waals surface area contributed by atoms with Gasteiger partial charge < -0.3 is 19.6 Å². The number of carbonyl (C=O) groups excluding carboxylic acids is 2.